The number of benzene rings is 2. The van der Waals surface area contributed by atoms with E-state index in [1.165, 1.54) is 18.4 Å². The summed E-state index contributed by atoms with van der Waals surface area (Å²) in [6.45, 7) is 8.43. The molecule has 0 saturated carbocycles. The highest BCUT2D eigenvalue weighted by Gasteiger charge is 2.18. The SMILES string of the molecule is C=C(c1ccc(CCCC)cc1)C(O)c1ccc(-c2ncccc2C)cc1NC. The number of unbranched alkanes of at least 4 members (excludes halogenated alkanes) is 1. The summed E-state index contributed by atoms with van der Waals surface area (Å²) in [5.74, 6) is 0. The molecule has 1 unspecified atom stereocenters. The van der Waals surface area contributed by atoms with E-state index in [-0.39, 0.29) is 0 Å². The number of aliphatic hydroxyl groups is 1. The molecule has 0 aliphatic rings. The van der Waals surface area contributed by atoms with Gasteiger partial charge in [0.1, 0.15) is 6.10 Å². The van der Waals surface area contributed by atoms with E-state index in [1.54, 1.807) is 6.20 Å². The first-order valence-electron chi connectivity index (χ1n) is 10.2. The normalized spacial score (nSPS) is 11.9. The second kappa shape index (κ2) is 9.53. The third-order valence-corrected chi connectivity index (χ3v) is 5.37. The van der Waals surface area contributed by atoms with Gasteiger partial charge >= 0.3 is 0 Å². The van der Waals surface area contributed by atoms with Crippen molar-refractivity contribution in [1.29, 1.82) is 0 Å². The summed E-state index contributed by atoms with van der Waals surface area (Å²) in [5.41, 5.74) is 7.76. The van der Waals surface area contributed by atoms with Crippen LogP contribution >= 0.6 is 0 Å². The standard InChI is InChI=1S/C26H30N2O/c1-5-6-9-20-10-12-21(13-11-20)19(3)26(29)23-15-14-22(17-24(23)27-4)25-18(2)8-7-16-28-25/h7-8,10-17,26-27,29H,3,5-6,9H2,1-2,4H3. The first-order chi connectivity index (χ1) is 14.0. The fraction of sp³-hybridized carbons (Fsp3) is 0.269. The number of nitrogens with one attached hydrogen (secondary N) is 1. The molecule has 3 aromatic rings. The maximum atomic E-state index is 11.0. The monoisotopic (exact) mass is 386 g/mol. The first kappa shape index (κ1) is 20.8. The van der Waals surface area contributed by atoms with Crippen molar-refractivity contribution in [2.75, 3.05) is 12.4 Å². The molecule has 0 saturated heterocycles. The van der Waals surface area contributed by atoms with Crippen LogP contribution in [0, 0.1) is 6.92 Å². The molecule has 1 heterocycles. The van der Waals surface area contributed by atoms with Gasteiger partial charge in [0.05, 0.1) is 5.69 Å². The lowest BCUT2D eigenvalue weighted by molar-refractivity contribution is 0.239. The second-order valence-corrected chi connectivity index (χ2v) is 7.45. The van der Waals surface area contributed by atoms with Crippen LogP contribution in [-0.2, 0) is 6.42 Å². The lowest BCUT2D eigenvalue weighted by Crippen LogP contribution is -2.05. The van der Waals surface area contributed by atoms with Gasteiger partial charge in [0, 0.05) is 30.1 Å². The van der Waals surface area contributed by atoms with Crippen molar-refractivity contribution in [2.24, 2.45) is 0 Å². The van der Waals surface area contributed by atoms with E-state index in [0.717, 1.165) is 40.1 Å². The molecule has 0 fully saturated rings. The Bertz CT molecular complexity index is 976. The van der Waals surface area contributed by atoms with Crippen molar-refractivity contribution in [3.8, 4) is 11.3 Å². The molecule has 0 aliphatic carbocycles. The molecule has 1 aromatic heterocycles. The Kier molecular flexibility index (Phi) is 6.84. The van der Waals surface area contributed by atoms with Crippen LogP contribution in [0.25, 0.3) is 16.8 Å². The minimum absolute atomic E-state index is 0.699. The maximum Gasteiger partial charge on any atom is 0.106 e. The molecule has 0 spiro atoms. The number of pyridine rings is 1. The van der Waals surface area contributed by atoms with E-state index >= 15 is 0 Å². The van der Waals surface area contributed by atoms with Gasteiger partial charge in [-0.3, -0.25) is 4.98 Å². The third-order valence-electron chi connectivity index (χ3n) is 5.37. The Balaban J connectivity index is 1.85. The zero-order chi connectivity index (χ0) is 20.8. The summed E-state index contributed by atoms with van der Waals surface area (Å²) >= 11 is 0. The highest BCUT2D eigenvalue weighted by molar-refractivity contribution is 5.75. The van der Waals surface area contributed by atoms with Gasteiger partial charge in [-0.2, -0.15) is 0 Å². The van der Waals surface area contributed by atoms with Crippen LogP contribution in [0.5, 0.6) is 0 Å². The summed E-state index contributed by atoms with van der Waals surface area (Å²) in [4.78, 5) is 4.50. The fourth-order valence-corrected chi connectivity index (χ4v) is 3.56. The van der Waals surface area contributed by atoms with E-state index in [0.29, 0.717) is 5.57 Å². The Morgan fingerprint density at radius 3 is 2.55 bits per heavy atom. The number of aromatic nitrogens is 1. The summed E-state index contributed by atoms with van der Waals surface area (Å²) < 4.78 is 0. The molecule has 0 amide bonds. The van der Waals surface area contributed by atoms with Crippen LogP contribution in [0.1, 0.15) is 48.1 Å². The third kappa shape index (κ3) is 4.75. The number of hydrogen-bond acceptors (Lipinski definition) is 3. The van der Waals surface area contributed by atoms with Gasteiger partial charge in [0.15, 0.2) is 0 Å². The molecule has 2 aromatic carbocycles. The van der Waals surface area contributed by atoms with Crippen molar-refractivity contribution in [3.63, 3.8) is 0 Å². The second-order valence-electron chi connectivity index (χ2n) is 7.45. The minimum atomic E-state index is -0.780. The summed E-state index contributed by atoms with van der Waals surface area (Å²) in [6.07, 6.45) is 4.49. The van der Waals surface area contributed by atoms with Crippen LogP contribution in [0.4, 0.5) is 5.69 Å². The van der Waals surface area contributed by atoms with E-state index < -0.39 is 6.10 Å². The van der Waals surface area contributed by atoms with E-state index in [2.05, 4.69) is 61.1 Å². The van der Waals surface area contributed by atoms with Gasteiger partial charge in [-0.05, 0) is 54.2 Å². The lowest BCUT2D eigenvalue weighted by Gasteiger charge is -2.19. The van der Waals surface area contributed by atoms with Crippen molar-refractivity contribution in [3.05, 3.63) is 89.6 Å². The molecule has 150 valence electrons. The number of aliphatic hydroxyl groups excluding tert-OH is 1. The van der Waals surface area contributed by atoms with Crippen LogP contribution in [-0.4, -0.2) is 17.1 Å². The topological polar surface area (TPSA) is 45.2 Å². The first-order valence-corrected chi connectivity index (χ1v) is 10.2. The van der Waals surface area contributed by atoms with Crippen LogP contribution in [0.3, 0.4) is 0 Å². The highest BCUT2D eigenvalue weighted by atomic mass is 16.3. The maximum absolute atomic E-state index is 11.0. The highest BCUT2D eigenvalue weighted by Crippen LogP contribution is 2.35. The van der Waals surface area contributed by atoms with Gasteiger partial charge < -0.3 is 10.4 Å². The van der Waals surface area contributed by atoms with Gasteiger partial charge in [-0.15, -0.1) is 0 Å². The molecule has 3 heteroatoms. The molecule has 0 radical (unpaired) electrons. The molecule has 3 rings (SSSR count). The smallest absolute Gasteiger partial charge is 0.106 e. The van der Waals surface area contributed by atoms with E-state index in [1.807, 2.05) is 31.3 Å². The number of anilines is 1. The zero-order valence-corrected chi connectivity index (χ0v) is 17.6. The van der Waals surface area contributed by atoms with Gasteiger partial charge in [0.25, 0.3) is 0 Å². The Hall–Kier alpha value is -2.91. The van der Waals surface area contributed by atoms with Gasteiger partial charge in [-0.1, -0.05) is 62.4 Å². The molecule has 0 aliphatic heterocycles. The Morgan fingerprint density at radius 1 is 1.14 bits per heavy atom. The molecule has 3 nitrogen and oxygen atoms in total. The van der Waals surface area contributed by atoms with Crippen molar-refractivity contribution in [1.82, 2.24) is 4.98 Å². The van der Waals surface area contributed by atoms with Crippen LogP contribution in [0.15, 0.2) is 67.4 Å². The van der Waals surface area contributed by atoms with Crippen molar-refractivity contribution in [2.45, 2.75) is 39.2 Å². The molecular weight excluding hydrogens is 356 g/mol. The predicted octanol–water partition coefficient (Wildman–Crippen LogP) is 6.19. The number of nitrogens with zero attached hydrogens (tertiary/aromatic N) is 1. The quantitative estimate of drug-likeness (QED) is 0.485. The number of hydrogen-bond donors (Lipinski definition) is 2. The predicted molar refractivity (Wildman–Crippen MR) is 123 cm³/mol. The largest absolute Gasteiger partial charge is 0.388 e. The van der Waals surface area contributed by atoms with Crippen LogP contribution < -0.4 is 5.32 Å². The minimum Gasteiger partial charge on any atom is -0.388 e. The van der Waals surface area contributed by atoms with E-state index in [4.69, 9.17) is 0 Å². The molecule has 0 bridgehead atoms. The average molecular weight is 387 g/mol. The molecule has 1 atom stereocenters. The number of rotatable bonds is 8. The molecule has 2 N–H and O–H groups in total. The summed E-state index contributed by atoms with van der Waals surface area (Å²) in [7, 11) is 1.87. The van der Waals surface area contributed by atoms with Crippen molar-refractivity contribution >= 4 is 11.3 Å². The lowest BCUT2D eigenvalue weighted by atomic mass is 9.93. The van der Waals surface area contributed by atoms with Gasteiger partial charge in [0.2, 0.25) is 0 Å². The number of aryl methyl sites for hydroxylation is 2. The van der Waals surface area contributed by atoms with Crippen LogP contribution in [0.2, 0.25) is 0 Å². The van der Waals surface area contributed by atoms with Gasteiger partial charge in [-0.25, -0.2) is 0 Å². The summed E-state index contributed by atoms with van der Waals surface area (Å²) in [6, 6.07) is 18.4. The average Bonchev–Trinajstić information content (AvgIpc) is 2.77. The van der Waals surface area contributed by atoms with E-state index in [9.17, 15) is 5.11 Å². The Labute approximate surface area is 174 Å². The Morgan fingerprint density at radius 2 is 1.90 bits per heavy atom. The fourth-order valence-electron chi connectivity index (χ4n) is 3.56. The molecule has 29 heavy (non-hydrogen) atoms. The van der Waals surface area contributed by atoms with Crippen molar-refractivity contribution < 1.29 is 5.11 Å². The zero-order valence-electron chi connectivity index (χ0n) is 17.6. The summed E-state index contributed by atoms with van der Waals surface area (Å²) in [5, 5.41) is 14.2. The molecular formula is C26H30N2O.